The van der Waals surface area contributed by atoms with Crippen molar-refractivity contribution >= 4 is 23.4 Å². The minimum absolute atomic E-state index is 0.0451. The van der Waals surface area contributed by atoms with E-state index in [2.05, 4.69) is 21.7 Å². The fourth-order valence-electron chi connectivity index (χ4n) is 2.33. The van der Waals surface area contributed by atoms with Crippen LogP contribution in [0, 0.1) is 0 Å². The summed E-state index contributed by atoms with van der Waals surface area (Å²) in [5.41, 5.74) is 1.83. The van der Waals surface area contributed by atoms with Crippen molar-refractivity contribution < 1.29 is 4.79 Å². The highest BCUT2D eigenvalue weighted by atomic mass is 32.2. The predicted molar refractivity (Wildman–Crippen MR) is 82.3 cm³/mol. The molecular formula is C14H17N5OS. The summed E-state index contributed by atoms with van der Waals surface area (Å²) in [4.78, 5) is 15.5. The van der Waals surface area contributed by atoms with Crippen LogP contribution in [0.1, 0.15) is 5.69 Å². The quantitative estimate of drug-likeness (QED) is 0.917. The summed E-state index contributed by atoms with van der Waals surface area (Å²) in [5, 5.41) is 11.0. The van der Waals surface area contributed by atoms with Crippen molar-refractivity contribution in [3.05, 3.63) is 36.2 Å². The number of anilines is 1. The average Bonchev–Trinajstić information content (AvgIpc) is 2.94. The van der Waals surface area contributed by atoms with Gasteiger partial charge in [-0.2, -0.15) is 0 Å². The molecule has 0 saturated heterocycles. The zero-order valence-corrected chi connectivity index (χ0v) is 12.6. The van der Waals surface area contributed by atoms with Crippen LogP contribution in [-0.2, 0) is 17.9 Å². The van der Waals surface area contributed by atoms with Gasteiger partial charge in [0, 0.05) is 23.7 Å². The van der Waals surface area contributed by atoms with E-state index in [9.17, 15) is 4.79 Å². The smallest absolute Gasteiger partial charge is 0.248 e. The third-order valence-electron chi connectivity index (χ3n) is 3.27. The lowest BCUT2D eigenvalue weighted by atomic mass is 10.2. The van der Waals surface area contributed by atoms with Gasteiger partial charge in [0.25, 0.3) is 0 Å². The Bertz CT molecular complexity index is 642. The normalized spacial score (nSPS) is 14.0. The van der Waals surface area contributed by atoms with Crippen LogP contribution in [0.15, 0.2) is 35.4 Å². The summed E-state index contributed by atoms with van der Waals surface area (Å²) < 4.78 is 1.60. The van der Waals surface area contributed by atoms with Gasteiger partial charge in [0.05, 0.1) is 17.6 Å². The summed E-state index contributed by atoms with van der Waals surface area (Å²) in [6.45, 7) is 1.60. The number of benzene rings is 1. The molecule has 1 aromatic carbocycles. The molecule has 0 atom stereocenters. The number of nitrogens with zero attached hydrogens (tertiary/aromatic N) is 4. The Kier molecular flexibility index (Phi) is 4.21. The van der Waals surface area contributed by atoms with E-state index in [0.29, 0.717) is 6.54 Å². The lowest BCUT2D eigenvalue weighted by Gasteiger charge is -2.28. The number of rotatable bonds is 4. The molecule has 3 rings (SSSR count). The SMILES string of the molecule is CNCc1cn(CC(=O)N2CCSc3ccccc32)nn1. The van der Waals surface area contributed by atoms with Gasteiger partial charge >= 0.3 is 0 Å². The maximum atomic E-state index is 12.5. The van der Waals surface area contributed by atoms with Crippen LogP contribution >= 0.6 is 11.8 Å². The Hall–Kier alpha value is -1.86. The first kappa shape index (κ1) is 14.1. The molecule has 0 saturated carbocycles. The summed E-state index contributed by atoms with van der Waals surface area (Å²) in [6, 6.07) is 8.01. The van der Waals surface area contributed by atoms with Crippen LogP contribution in [0.4, 0.5) is 5.69 Å². The highest BCUT2D eigenvalue weighted by Gasteiger charge is 2.22. The Balaban J connectivity index is 1.74. The van der Waals surface area contributed by atoms with Crippen molar-refractivity contribution in [1.29, 1.82) is 0 Å². The lowest BCUT2D eigenvalue weighted by Crippen LogP contribution is -2.37. The minimum atomic E-state index is 0.0451. The van der Waals surface area contributed by atoms with E-state index < -0.39 is 0 Å². The number of aromatic nitrogens is 3. The van der Waals surface area contributed by atoms with E-state index in [-0.39, 0.29) is 12.5 Å². The van der Waals surface area contributed by atoms with E-state index in [1.807, 2.05) is 30.1 Å². The molecule has 1 aliphatic rings. The largest absolute Gasteiger partial charge is 0.314 e. The Morgan fingerprint density at radius 2 is 2.29 bits per heavy atom. The molecule has 0 radical (unpaired) electrons. The molecular weight excluding hydrogens is 286 g/mol. The zero-order valence-electron chi connectivity index (χ0n) is 11.8. The molecule has 0 fully saturated rings. The van der Waals surface area contributed by atoms with E-state index in [4.69, 9.17) is 0 Å². The van der Waals surface area contributed by atoms with Gasteiger partial charge in [-0.3, -0.25) is 4.79 Å². The average molecular weight is 303 g/mol. The van der Waals surface area contributed by atoms with Gasteiger partial charge < -0.3 is 10.2 Å². The minimum Gasteiger partial charge on any atom is -0.314 e. The van der Waals surface area contributed by atoms with Crippen molar-refractivity contribution in [2.75, 3.05) is 24.2 Å². The molecule has 21 heavy (non-hydrogen) atoms. The summed E-state index contributed by atoms with van der Waals surface area (Å²) in [6.07, 6.45) is 1.80. The number of para-hydroxylation sites is 1. The van der Waals surface area contributed by atoms with Gasteiger partial charge in [0.15, 0.2) is 0 Å². The molecule has 1 aromatic heterocycles. The van der Waals surface area contributed by atoms with Crippen LogP contribution in [-0.4, -0.2) is 40.2 Å². The second-order valence-electron chi connectivity index (χ2n) is 4.80. The monoisotopic (exact) mass is 303 g/mol. The van der Waals surface area contributed by atoms with Crippen molar-refractivity contribution in [2.45, 2.75) is 18.0 Å². The summed E-state index contributed by atoms with van der Waals surface area (Å²) >= 11 is 1.79. The third kappa shape index (κ3) is 3.08. The van der Waals surface area contributed by atoms with Crippen LogP contribution in [0.3, 0.4) is 0 Å². The maximum Gasteiger partial charge on any atom is 0.248 e. The zero-order chi connectivity index (χ0) is 14.7. The fourth-order valence-corrected chi connectivity index (χ4v) is 3.33. The van der Waals surface area contributed by atoms with E-state index in [1.54, 1.807) is 22.6 Å². The second kappa shape index (κ2) is 6.28. The first-order chi connectivity index (χ1) is 10.3. The van der Waals surface area contributed by atoms with Gasteiger partial charge in [0.2, 0.25) is 5.91 Å². The molecule has 7 heteroatoms. The predicted octanol–water partition coefficient (Wildman–Crippen LogP) is 1.14. The van der Waals surface area contributed by atoms with Crippen molar-refractivity contribution in [1.82, 2.24) is 20.3 Å². The van der Waals surface area contributed by atoms with Crippen molar-refractivity contribution in [3.8, 4) is 0 Å². The Labute approximate surface area is 127 Å². The molecule has 0 aliphatic carbocycles. The molecule has 6 nitrogen and oxygen atoms in total. The highest BCUT2D eigenvalue weighted by molar-refractivity contribution is 7.99. The third-order valence-corrected chi connectivity index (χ3v) is 4.31. The first-order valence-corrected chi connectivity index (χ1v) is 7.82. The summed E-state index contributed by atoms with van der Waals surface area (Å²) in [5.74, 6) is 0.967. The number of hydrogen-bond donors (Lipinski definition) is 1. The number of carbonyl (C=O) groups is 1. The van der Waals surface area contributed by atoms with Crippen LogP contribution in [0.2, 0.25) is 0 Å². The van der Waals surface area contributed by atoms with Crippen LogP contribution < -0.4 is 10.2 Å². The molecule has 110 valence electrons. The number of fused-ring (bicyclic) bond motifs is 1. The number of carbonyl (C=O) groups excluding carboxylic acids is 1. The van der Waals surface area contributed by atoms with Gasteiger partial charge in [-0.15, -0.1) is 16.9 Å². The van der Waals surface area contributed by atoms with Gasteiger partial charge in [0.1, 0.15) is 6.54 Å². The number of nitrogens with one attached hydrogen (secondary N) is 1. The topological polar surface area (TPSA) is 63.1 Å². The molecule has 1 amide bonds. The standard InChI is InChI=1S/C14H17N5OS/c1-15-8-11-9-18(17-16-11)10-14(20)19-6-7-21-13-5-3-2-4-12(13)19/h2-5,9,15H,6-8,10H2,1H3. The molecule has 0 spiro atoms. The first-order valence-electron chi connectivity index (χ1n) is 6.84. The van der Waals surface area contributed by atoms with Crippen molar-refractivity contribution in [3.63, 3.8) is 0 Å². The number of hydrogen-bond acceptors (Lipinski definition) is 5. The number of thioether (sulfide) groups is 1. The van der Waals surface area contributed by atoms with E-state index >= 15 is 0 Å². The molecule has 2 aromatic rings. The van der Waals surface area contributed by atoms with E-state index in [0.717, 1.165) is 28.6 Å². The van der Waals surface area contributed by atoms with Crippen LogP contribution in [0.5, 0.6) is 0 Å². The lowest BCUT2D eigenvalue weighted by molar-refractivity contribution is -0.119. The summed E-state index contributed by atoms with van der Waals surface area (Å²) in [7, 11) is 1.85. The van der Waals surface area contributed by atoms with Gasteiger partial charge in [-0.1, -0.05) is 17.3 Å². The van der Waals surface area contributed by atoms with Crippen molar-refractivity contribution in [2.24, 2.45) is 0 Å². The molecule has 1 N–H and O–H groups in total. The molecule has 0 unspecified atom stereocenters. The highest BCUT2D eigenvalue weighted by Crippen LogP contribution is 2.34. The van der Waals surface area contributed by atoms with Gasteiger partial charge in [-0.25, -0.2) is 4.68 Å². The second-order valence-corrected chi connectivity index (χ2v) is 5.94. The van der Waals surface area contributed by atoms with E-state index in [1.165, 1.54) is 0 Å². The van der Waals surface area contributed by atoms with Crippen LogP contribution in [0.25, 0.3) is 0 Å². The molecule has 0 bridgehead atoms. The maximum absolute atomic E-state index is 12.5. The fraction of sp³-hybridized carbons (Fsp3) is 0.357. The molecule has 2 heterocycles. The Morgan fingerprint density at radius 3 is 3.14 bits per heavy atom. The Morgan fingerprint density at radius 1 is 1.43 bits per heavy atom. The number of amides is 1. The van der Waals surface area contributed by atoms with Gasteiger partial charge in [-0.05, 0) is 19.2 Å². The molecule has 1 aliphatic heterocycles.